The zero-order valence-electron chi connectivity index (χ0n) is 9.78. The quantitative estimate of drug-likeness (QED) is 0.810. The van der Waals surface area contributed by atoms with Gasteiger partial charge in [0.25, 0.3) is 0 Å². The van der Waals surface area contributed by atoms with Gasteiger partial charge >= 0.3 is 0 Å². The van der Waals surface area contributed by atoms with Crippen LogP contribution in [-0.4, -0.2) is 17.4 Å². The molecule has 0 saturated heterocycles. The first kappa shape index (κ1) is 11.7. The third-order valence-electron chi connectivity index (χ3n) is 2.80. The van der Waals surface area contributed by atoms with Gasteiger partial charge in [-0.15, -0.1) is 11.3 Å². The van der Waals surface area contributed by atoms with Crippen molar-refractivity contribution < 1.29 is 9.53 Å². The minimum atomic E-state index is 0.0633. The van der Waals surface area contributed by atoms with Crippen molar-refractivity contribution in [2.24, 2.45) is 0 Å². The molecule has 1 aromatic rings. The van der Waals surface area contributed by atoms with Gasteiger partial charge in [-0.05, 0) is 26.2 Å². The van der Waals surface area contributed by atoms with Crippen molar-refractivity contribution in [2.75, 3.05) is 6.61 Å². The Morgan fingerprint density at radius 2 is 2.25 bits per heavy atom. The van der Waals surface area contributed by atoms with Crippen LogP contribution in [0.1, 0.15) is 59.6 Å². The average molecular weight is 239 g/mol. The van der Waals surface area contributed by atoms with Crippen LogP contribution in [0.4, 0.5) is 0 Å². The van der Waals surface area contributed by atoms with E-state index in [0.717, 1.165) is 29.1 Å². The Balaban J connectivity index is 2.26. The Labute approximate surface area is 99.8 Å². The number of carbonyl (C=O) groups is 1. The summed E-state index contributed by atoms with van der Waals surface area (Å²) in [6, 6.07) is 0. The average Bonchev–Trinajstić information content (AvgIpc) is 2.71. The van der Waals surface area contributed by atoms with Gasteiger partial charge in [-0.25, -0.2) is 4.98 Å². The lowest BCUT2D eigenvalue weighted by Gasteiger charge is -2.10. The highest BCUT2D eigenvalue weighted by molar-refractivity contribution is 7.12. The molecule has 0 aliphatic heterocycles. The van der Waals surface area contributed by atoms with E-state index < -0.39 is 0 Å². The molecule has 4 heteroatoms. The minimum Gasteiger partial charge on any atom is -0.371 e. The highest BCUT2D eigenvalue weighted by atomic mass is 32.1. The fraction of sp³-hybridized carbons (Fsp3) is 0.667. The lowest BCUT2D eigenvalue weighted by molar-refractivity contribution is 0.0595. The summed E-state index contributed by atoms with van der Waals surface area (Å²) >= 11 is 1.65. The summed E-state index contributed by atoms with van der Waals surface area (Å²) in [5.74, 6) is 0.204. The number of ether oxygens (including phenoxy) is 1. The fourth-order valence-corrected chi connectivity index (χ4v) is 3.25. The molecule has 1 atom stereocenters. The molecular weight excluding hydrogens is 222 g/mol. The summed E-state index contributed by atoms with van der Waals surface area (Å²) in [5.41, 5.74) is 0.712. The van der Waals surface area contributed by atoms with Gasteiger partial charge in [-0.1, -0.05) is 6.92 Å². The maximum atomic E-state index is 11.7. The second-order valence-corrected chi connectivity index (χ2v) is 5.07. The molecule has 0 bridgehead atoms. The lowest BCUT2D eigenvalue weighted by Crippen LogP contribution is -2.09. The topological polar surface area (TPSA) is 39.2 Å². The van der Waals surface area contributed by atoms with E-state index in [1.165, 1.54) is 0 Å². The predicted molar refractivity (Wildman–Crippen MR) is 64.0 cm³/mol. The largest absolute Gasteiger partial charge is 0.371 e. The van der Waals surface area contributed by atoms with Crippen LogP contribution in [0.25, 0.3) is 0 Å². The summed E-state index contributed by atoms with van der Waals surface area (Å²) < 4.78 is 5.63. The molecular formula is C12H17NO2S. The molecule has 3 nitrogen and oxygen atoms in total. The zero-order chi connectivity index (χ0) is 11.5. The number of carbonyl (C=O) groups excluding carboxylic acids is 1. The van der Waals surface area contributed by atoms with E-state index in [4.69, 9.17) is 4.74 Å². The molecule has 0 spiro atoms. The molecule has 1 aromatic heterocycles. The minimum absolute atomic E-state index is 0.0633. The molecule has 1 aliphatic rings. The third kappa shape index (κ3) is 2.18. The van der Waals surface area contributed by atoms with Gasteiger partial charge in [0.15, 0.2) is 5.78 Å². The first-order valence-electron chi connectivity index (χ1n) is 5.90. The normalized spacial score (nSPS) is 17.2. The first-order valence-corrected chi connectivity index (χ1v) is 6.72. The van der Waals surface area contributed by atoms with Crippen LogP contribution in [0.15, 0.2) is 0 Å². The molecule has 2 rings (SSSR count). The van der Waals surface area contributed by atoms with Gasteiger partial charge in [0.2, 0.25) is 0 Å². The zero-order valence-corrected chi connectivity index (χ0v) is 10.6. The molecule has 88 valence electrons. The molecule has 0 fully saturated rings. The smallest absolute Gasteiger partial charge is 0.182 e. The summed E-state index contributed by atoms with van der Waals surface area (Å²) in [4.78, 5) is 17.3. The van der Waals surface area contributed by atoms with Gasteiger partial charge in [-0.3, -0.25) is 4.79 Å². The number of thiazole rings is 1. The van der Waals surface area contributed by atoms with E-state index in [2.05, 4.69) is 11.9 Å². The summed E-state index contributed by atoms with van der Waals surface area (Å²) in [5, 5.41) is 0.976. The Kier molecular flexibility index (Phi) is 3.71. The van der Waals surface area contributed by atoms with Gasteiger partial charge in [0.1, 0.15) is 16.8 Å². The van der Waals surface area contributed by atoms with Crippen LogP contribution in [0.3, 0.4) is 0 Å². The third-order valence-corrected chi connectivity index (χ3v) is 4.01. The van der Waals surface area contributed by atoms with E-state index in [1.54, 1.807) is 11.3 Å². The van der Waals surface area contributed by atoms with E-state index in [1.807, 2.05) is 6.92 Å². The van der Waals surface area contributed by atoms with Gasteiger partial charge in [0.05, 0.1) is 0 Å². The van der Waals surface area contributed by atoms with Crippen molar-refractivity contribution in [3.05, 3.63) is 15.6 Å². The number of fused-ring (bicyclic) bond motifs is 1. The Bertz CT molecular complexity index is 386. The number of nitrogens with zero attached hydrogens (tertiary/aromatic N) is 1. The van der Waals surface area contributed by atoms with Crippen LogP contribution in [0.2, 0.25) is 0 Å². The van der Waals surface area contributed by atoms with Crippen molar-refractivity contribution in [1.82, 2.24) is 4.98 Å². The summed E-state index contributed by atoms with van der Waals surface area (Å²) in [6.07, 6.45) is 3.60. The molecule has 0 radical (unpaired) electrons. The summed E-state index contributed by atoms with van der Waals surface area (Å²) in [7, 11) is 0. The number of aryl methyl sites for hydroxylation is 1. The highest BCUT2D eigenvalue weighted by Crippen LogP contribution is 2.32. The van der Waals surface area contributed by atoms with Crippen LogP contribution in [-0.2, 0) is 11.2 Å². The predicted octanol–water partition coefficient (Wildman–Crippen LogP) is 3.15. The van der Waals surface area contributed by atoms with Crippen molar-refractivity contribution >= 4 is 17.1 Å². The standard InChI is InChI=1S/C12H17NO2S/c1-3-9(15-4-2)12-13-11-8(14)6-5-7-10(11)16-12/h9H,3-7H2,1-2H3. The molecule has 0 N–H and O–H groups in total. The Hall–Kier alpha value is -0.740. The second-order valence-electron chi connectivity index (χ2n) is 3.95. The maximum Gasteiger partial charge on any atom is 0.182 e. The van der Waals surface area contributed by atoms with Crippen molar-refractivity contribution in [3.8, 4) is 0 Å². The van der Waals surface area contributed by atoms with Crippen LogP contribution < -0.4 is 0 Å². The SMILES string of the molecule is CCOC(CC)c1nc2c(s1)CCCC2=O. The van der Waals surface area contributed by atoms with E-state index in [-0.39, 0.29) is 11.9 Å². The molecule has 0 amide bonds. The molecule has 16 heavy (non-hydrogen) atoms. The van der Waals surface area contributed by atoms with Crippen LogP contribution in [0.5, 0.6) is 0 Å². The van der Waals surface area contributed by atoms with E-state index in [0.29, 0.717) is 18.7 Å². The van der Waals surface area contributed by atoms with Crippen molar-refractivity contribution in [1.29, 1.82) is 0 Å². The number of rotatable bonds is 4. The van der Waals surface area contributed by atoms with Crippen molar-refractivity contribution in [2.45, 2.75) is 45.6 Å². The van der Waals surface area contributed by atoms with Crippen LogP contribution >= 0.6 is 11.3 Å². The van der Waals surface area contributed by atoms with E-state index >= 15 is 0 Å². The summed E-state index contributed by atoms with van der Waals surface area (Å²) in [6.45, 7) is 4.76. The number of hydrogen-bond acceptors (Lipinski definition) is 4. The fourth-order valence-electron chi connectivity index (χ4n) is 1.99. The number of hydrogen-bond donors (Lipinski definition) is 0. The van der Waals surface area contributed by atoms with Gasteiger partial charge < -0.3 is 4.74 Å². The second kappa shape index (κ2) is 5.06. The number of ketones is 1. The number of aromatic nitrogens is 1. The molecule has 0 aromatic carbocycles. The lowest BCUT2D eigenvalue weighted by atomic mass is 10.0. The van der Waals surface area contributed by atoms with Gasteiger partial charge in [-0.2, -0.15) is 0 Å². The Morgan fingerprint density at radius 3 is 2.88 bits per heavy atom. The van der Waals surface area contributed by atoms with E-state index in [9.17, 15) is 4.79 Å². The highest BCUT2D eigenvalue weighted by Gasteiger charge is 2.24. The van der Waals surface area contributed by atoms with Gasteiger partial charge in [0, 0.05) is 17.9 Å². The maximum absolute atomic E-state index is 11.7. The molecule has 1 unspecified atom stereocenters. The van der Waals surface area contributed by atoms with Crippen molar-refractivity contribution in [3.63, 3.8) is 0 Å². The Morgan fingerprint density at radius 1 is 1.44 bits per heavy atom. The monoisotopic (exact) mass is 239 g/mol. The molecule has 1 aliphatic carbocycles. The molecule has 1 heterocycles. The number of Topliss-reactive ketones (excluding diaryl/α,β-unsaturated/α-hetero) is 1. The molecule has 0 saturated carbocycles. The van der Waals surface area contributed by atoms with Crippen LogP contribution in [0, 0.1) is 0 Å². The first-order chi connectivity index (χ1) is 7.76.